The van der Waals surface area contributed by atoms with Crippen molar-refractivity contribution in [2.45, 2.75) is 17.5 Å². The van der Waals surface area contributed by atoms with Gasteiger partial charge in [-0.2, -0.15) is 0 Å². The van der Waals surface area contributed by atoms with Crippen LogP contribution < -0.4 is 21.3 Å². The number of nitrogens with one attached hydrogen (secondary N) is 4. The molecule has 8 rings (SSSR count). The summed E-state index contributed by atoms with van der Waals surface area (Å²) < 4.78 is 55.4. The van der Waals surface area contributed by atoms with E-state index in [1.165, 1.54) is 18.2 Å². The average molecular weight is 647 g/mol. The van der Waals surface area contributed by atoms with E-state index in [9.17, 15) is 46.6 Å². The van der Waals surface area contributed by atoms with Crippen LogP contribution in [0.5, 0.6) is 5.75 Å². The predicted octanol–water partition coefficient (Wildman–Crippen LogP) is 3.39. The molecular weight excluding hydrogens is 628 g/mol. The number of fused-ring (bicyclic) bond motifs is 10. The number of hydrogen-bond donors (Lipinski definition) is 6. The van der Waals surface area contributed by atoms with Gasteiger partial charge >= 0.3 is 18.0 Å². The summed E-state index contributed by atoms with van der Waals surface area (Å²) in [5.41, 5.74) is -1.21. The van der Waals surface area contributed by atoms with Crippen LogP contribution in [0, 0.1) is 23.3 Å². The van der Waals surface area contributed by atoms with Crippen molar-refractivity contribution in [3.8, 4) is 28.0 Å². The molecule has 2 spiro atoms. The number of carboxylic acid groups (broad SMARTS) is 1. The van der Waals surface area contributed by atoms with Crippen molar-refractivity contribution in [3.05, 3.63) is 112 Å². The van der Waals surface area contributed by atoms with Crippen LogP contribution in [0.1, 0.15) is 27.8 Å². The maximum absolute atomic E-state index is 14.1. The van der Waals surface area contributed by atoms with Crippen LogP contribution in [0.15, 0.2) is 60.7 Å². The Hall–Kier alpha value is -6.25. The Morgan fingerprint density at radius 2 is 1.15 bits per heavy atom. The van der Waals surface area contributed by atoms with E-state index in [1.54, 1.807) is 0 Å². The third-order valence-electron chi connectivity index (χ3n) is 8.49. The maximum atomic E-state index is 14.1. The fraction of sp³-hybridized carbons (Fsp3) is 0.0938. The van der Waals surface area contributed by atoms with Gasteiger partial charge in [-0.15, -0.1) is 0 Å². The molecule has 11 nitrogen and oxygen atoms in total. The highest BCUT2D eigenvalue weighted by Gasteiger charge is 2.57. The molecule has 4 aromatic carbocycles. The van der Waals surface area contributed by atoms with Crippen LogP contribution in [0.4, 0.5) is 27.2 Å². The fourth-order valence-corrected chi connectivity index (χ4v) is 6.74. The third-order valence-corrected chi connectivity index (χ3v) is 8.49. The van der Waals surface area contributed by atoms with Gasteiger partial charge in [-0.25, -0.2) is 27.2 Å². The number of benzene rings is 4. The number of phenolic OH excluding ortho intramolecular Hbond substituents is 1. The van der Waals surface area contributed by atoms with Gasteiger partial charge in [0.05, 0.1) is 6.42 Å². The molecule has 0 saturated carbocycles. The molecule has 2 unspecified atom stereocenters. The quantitative estimate of drug-likeness (QED) is 0.143. The number of aliphatic carboxylic acids is 1. The van der Waals surface area contributed by atoms with Crippen molar-refractivity contribution in [1.82, 2.24) is 21.3 Å². The number of imide groups is 2. The van der Waals surface area contributed by atoms with Gasteiger partial charge in [0.2, 0.25) is 0 Å². The second-order valence-electron chi connectivity index (χ2n) is 11.1. The number of carbonyl (C=O) groups is 5. The summed E-state index contributed by atoms with van der Waals surface area (Å²) in [6, 6.07) is 10.1. The predicted molar refractivity (Wildman–Crippen MR) is 152 cm³/mol. The minimum atomic E-state index is -1.78. The number of aromatic hydroxyl groups is 1. The highest BCUT2D eigenvalue weighted by molar-refractivity contribution is 6.14. The molecule has 4 aromatic rings. The first-order valence-corrected chi connectivity index (χ1v) is 13.7. The van der Waals surface area contributed by atoms with Gasteiger partial charge in [0.15, 0.2) is 22.6 Å². The monoisotopic (exact) mass is 646 g/mol. The van der Waals surface area contributed by atoms with Crippen molar-refractivity contribution in [3.63, 3.8) is 0 Å². The molecular formula is C32H18F4N4O7. The highest BCUT2D eigenvalue weighted by Crippen LogP contribution is 2.52. The topological polar surface area (TPSA) is 174 Å². The van der Waals surface area contributed by atoms with Gasteiger partial charge in [0.1, 0.15) is 17.5 Å². The number of rotatable bonds is 2. The molecule has 47 heavy (non-hydrogen) atoms. The van der Waals surface area contributed by atoms with E-state index in [0.717, 1.165) is 42.5 Å². The number of carbonyl (C=O) groups excluding carboxylic acids is 4. The highest BCUT2D eigenvalue weighted by atomic mass is 19.1. The first-order valence-electron chi connectivity index (χ1n) is 13.7. The molecule has 236 valence electrons. The van der Waals surface area contributed by atoms with Gasteiger partial charge in [0.25, 0.3) is 11.8 Å². The minimum absolute atomic E-state index is 0.0905. The summed E-state index contributed by atoms with van der Waals surface area (Å²) in [6.45, 7) is 0. The van der Waals surface area contributed by atoms with E-state index in [0.29, 0.717) is 22.3 Å². The number of hydrogen-bond acceptors (Lipinski definition) is 6. The fourth-order valence-electron chi connectivity index (χ4n) is 6.74. The van der Waals surface area contributed by atoms with Crippen LogP contribution in [0.3, 0.4) is 0 Å². The molecule has 15 heteroatoms. The second kappa shape index (κ2) is 9.87. The zero-order valence-electron chi connectivity index (χ0n) is 23.4. The molecule has 2 aliphatic heterocycles. The van der Waals surface area contributed by atoms with Crippen molar-refractivity contribution in [2.75, 3.05) is 0 Å². The van der Waals surface area contributed by atoms with E-state index in [4.69, 9.17) is 5.11 Å². The number of carboxylic acids is 1. The molecule has 2 saturated heterocycles. The molecule has 2 heterocycles. The molecule has 6 amide bonds. The Kier molecular flexibility index (Phi) is 6.19. The number of amides is 6. The van der Waals surface area contributed by atoms with E-state index in [2.05, 4.69) is 21.3 Å². The van der Waals surface area contributed by atoms with Crippen molar-refractivity contribution < 1.29 is 51.7 Å². The Balaban J connectivity index is 0.000000151. The van der Waals surface area contributed by atoms with E-state index >= 15 is 0 Å². The van der Waals surface area contributed by atoms with Crippen molar-refractivity contribution in [1.29, 1.82) is 0 Å². The first-order chi connectivity index (χ1) is 22.3. The zero-order chi connectivity index (χ0) is 33.6. The standard InChI is InChI=1S/C17H10F2N2O4.C15H8F2N2O3/c18-8-1-2-10-11(5-8)17(15(24)20-16(25)21-17)12-6-9(19)3-7(14(10)12)4-13(22)23;16-6-1-2-7-8-4-12(20)11(17)5-10(8)15(9(7)3-6)13(21)18-14(22)19-15/h1-3,5-6H,4H2,(H,22,23)(H2,20,21,24,25);1-5,20H,(H2,18,19,21,22). The molecule has 2 aliphatic carbocycles. The zero-order valence-corrected chi connectivity index (χ0v) is 23.4. The summed E-state index contributed by atoms with van der Waals surface area (Å²) in [6.07, 6.45) is -0.484. The van der Waals surface area contributed by atoms with Crippen LogP contribution >= 0.6 is 0 Å². The Bertz CT molecular complexity index is 2170. The van der Waals surface area contributed by atoms with E-state index in [1.807, 2.05) is 0 Å². The lowest BCUT2D eigenvalue weighted by atomic mass is 9.87. The van der Waals surface area contributed by atoms with Crippen LogP contribution in [0.25, 0.3) is 22.3 Å². The summed E-state index contributed by atoms with van der Waals surface area (Å²) >= 11 is 0. The average Bonchev–Trinajstić information content (AvgIpc) is 3.64. The Morgan fingerprint density at radius 1 is 0.638 bits per heavy atom. The number of phenols is 1. The van der Waals surface area contributed by atoms with Crippen LogP contribution in [-0.4, -0.2) is 40.1 Å². The summed E-state index contributed by atoms with van der Waals surface area (Å²) in [4.78, 5) is 59.4. The lowest BCUT2D eigenvalue weighted by Crippen LogP contribution is -2.43. The SMILES string of the molecule is O=C(O)Cc1cc(F)cc2c1-c1ccc(F)cc1C21NC(=O)NC1=O.O=C1NC(=O)C2(N1)c1cc(F)ccc1-c1cc(O)c(F)cc12. The maximum Gasteiger partial charge on any atom is 0.322 e. The first kappa shape index (κ1) is 29.5. The molecule has 0 radical (unpaired) electrons. The Morgan fingerprint density at radius 3 is 1.70 bits per heavy atom. The normalized spacial score (nSPS) is 20.9. The molecule has 2 fully saturated rings. The van der Waals surface area contributed by atoms with Crippen LogP contribution in [0.2, 0.25) is 0 Å². The summed E-state index contributed by atoms with van der Waals surface area (Å²) in [5.74, 6) is -6.17. The molecule has 4 aliphatic rings. The van der Waals surface area contributed by atoms with Crippen LogP contribution in [-0.2, 0) is 31.9 Å². The minimum Gasteiger partial charge on any atom is -0.505 e. The van der Waals surface area contributed by atoms with Gasteiger partial charge in [-0.1, -0.05) is 12.1 Å². The van der Waals surface area contributed by atoms with E-state index < -0.39 is 76.4 Å². The Labute approximate surface area is 260 Å². The number of halogens is 4. The van der Waals surface area contributed by atoms with E-state index in [-0.39, 0.29) is 27.8 Å². The number of urea groups is 2. The van der Waals surface area contributed by atoms with Gasteiger partial charge in [0, 0.05) is 22.3 Å². The van der Waals surface area contributed by atoms with Gasteiger partial charge < -0.3 is 20.8 Å². The van der Waals surface area contributed by atoms with Gasteiger partial charge in [-0.3, -0.25) is 25.0 Å². The second-order valence-corrected chi connectivity index (χ2v) is 11.1. The van der Waals surface area contributed by atoms with Crippen molar-refractivity contribution in [2.24, 2.45) is 0 Å². The molecule has 2 atom stereocenters. The largest absolute Gasteiger partial charge is 0.505 e. The van der Waals surface area contributed by atoms with Crippen molar-refractivity contribution >= 4 is 29.8 Å². The summed E-state index contributed by atoms with van der Waals surface area (Å²) in [5, 5.41) is 27.7. The molecule has 0 aromatic heterocycles. The van der Waals surface area contributed by atoms with Gasteiger partial charge in [-0.05, 0) is 76.3 Å². The molecule has 6 N–H and O–H groups in total. The summed E-state index contributed by atoms with van der Waals surface area (Å²) in [7, 11) is 0. The molecule has 0 bridgehead atoms. The lowest BCUT2D eigenvalue weighted by Gasteiger charge is -2.23. The lowest BCUT2D eigenvalue weighted by molar-refractivity contribution is -0.136. The third kappa shape index (κ3) is 4.09. The smallest absolute Gasteiger partial charge is 0.322 e.